The predicted octanol–water partition coefficient (Wildman–Crippen LogP) is 1.30. The molecule has 90 valence electrons. The maximum absolute atomic E-state index is 12.3. The van der Waals surface area contributed by atoms with E-state index < -0.39 is 10.8 Å². The van der Waals surface area contributed by atoms with E-state index in [1.807, 2.05) is 7.05 Å². The van der Waals surface area contributed by atoms with Gasteiger partial charge >= 0.3 is 0 Å². The number of hydrogen-bond donors (Lipinski definition) is 1. The van der Waals surface area contributed by atoms with Gasteiger partial charge in [-0.05, 0) is 33.2 Å². The van der Waals surface area contributed by atoms with Gasteiger partial charge in [-0.3, -0.25) is 4.21 Å². The molecule has 3 atom stereocenters. The van der Waals surface area contributed by atoms with Gasteiger partial charge in [-0.2, -0.15) is 0 Å². The Kier molecular flexibility index (Phi) is 5.79. The van der Waals surface area contributed by atoms with Gasteiger partial charge in [-0.15, -0.1) is 0 Å². The molecule has 0 aromatic rings. The van der Waals surface area contributed by atoms with Crippen molar-refractivity contribution in [1.29, 1.82) is 0 Å². The van der Waals surface area contributed by atoms with Crippen LogP contribution in [0.3, 0.4) is 0 Å². The van der Waals surface area contributed by atoms with E-state index in [9.17, 15) is 4.21 Å². The minimum atomic E-state index is -0.724. The average molecular weight is 233 g/mol. The second-order valence-corrected chi connectivity index (χ2v) is 6.22. The van der Waals surface area contributed by atoms with Gasteiger partial charge < -0.3 is 10.1 Å². The number of rotatable bonds is 5. The van der Waals surface area contributed by atoms with Gasteiger partial charge in [0.25, 0.3) is 0 Å². The Morgan fingerprint density at radius 2 is 2.07 bits per heavy atom. The van der Waals surface area contributed by atoms with E-state index in [-0.39, 0.29) is 5.25 Å². The van der Waals surface area contributed by atoms with Crippen molar-refractivity contribution in [1.82, 2.24) is 5.32 Å². The molecule has 15 heavy (non-hydrogen) atoms. The second-order valence-electron chi connectivity index (χ2n) is 4.15. The minimum Gasteiger partial charge on any atom is -0.381 e. The quantitative estimate of drug-likeness (QED) is 0.778. The monoisotopic (exact) mass is 233 g/mol. The van der Waals surface area contributed by atoms with Crippen molar-refractivity contribution in [2.24, 2.45) is 0 Å². The lowest BCUT2D eigenvalue weighted by atomic mass is 10.2. The first kappa shape index (κ1) is 13.1. The van der Waals surface area contributed by atoms with Crippen molar-refractivity contribution >= 4 is 10.8 Å². The highest BCUT2D eigenvalue weighted by Crippen LogP contribution is 2.18. The molecule has 1 N–H and O–H groups in total. The second kappa shape index (κ2) is 6.61. The van der Waals surface area contributed by atoms with Crippen molar-refractivity contribution in [3.8, 4) is 0 Å². The van der Waals surface area contributed by atoms with Gasteiger partial charge in [0.15, 0.2) is 0 Å². The summed E-state index contributed by atoms with van der Waals surface area (Å²) in [6.45, 7) is 5.79. The third kappa shape index (κ3) is 3.54. The van der Waals surface area contributed by atoms with Crippen LogP contribution in [0, 0.1) is 0 Å². The van der Waals surface area contributed by atoms with Crippen LogP contribution in [-0.2, 0) is 15.5 Å². The highest BCUT2D eigenvalue weighted by molar-refractivity contribution is 7.86. The zero-order valence-corrected chi connectivity index (χ0v) is 10.8. The average Bonchev–Trinajstić information content (AvgIpc) is 2.30. The predicted molar refractivity (Wildman–Crippen MR) is 64.6 cm³/mol. The molecule has 0 aliphatic carbocycles. The first-order valence-electron chi connectivity index (χ1n) is 5.85. The molecule has 0 aromatic carbocycles. The topological polar surface area (TPSA) is 38.3 Å². The number of hydrogen-bond acceptors (Lipinski definition) is 3. The first-order valence-corrected chi connectivity index (χ1v) is 7.12. The molecule has 4 heteroatoms. The van der Waals surface area contributed by atoms with Gasteiger partial charge in [0.1, 0.15) is 0 Å². The van der Waals surface area contributed by atoms with E-state index in [4.69, 9.17) is 4.74 Å². The summed E-state index contributed by atoms with van der Waals surface area (Å²) in [5, 5.41) is 3.83. The molecule has 0 saturated carbocycles. The zero-order chi connectivity index (χ0) is 11.3. The molecule has 1 saturated heterocycles. The molecule has 0 spiro atoms. The SMILES string of the molecule is CCC(NC)C(C)S(=O)C1CCOCC1. The van der Waals surface area contributed by atoms with Crippen LogP contribution in [0.1, 0.15) is 33.1 Å². The number of nitrogens with one attached hydrogen (secondary N) is 1. The highest BCUT2D eigenvalue weighted by Gasteiger charge is 2.28. The van der Waals surface area contributed by atoms with Gasteiger partial charge in [-0.25, -0.2) is 0 Å². The van der Waals surface area contributed by atoms with Gasteiger partial charge in [0, 0.05) is 40.6 Å². The lowest BCUT2D eigenvalue weighted by molar-refractivity contribution is 0.0990. The van der Waals surface area contributed by atoms with Crippen molar-refractivity contribution in [2.45, 2.75) is 49.7 Å². The number of ether oxygens (including phenoxy) is 1. The standard InChI is InChI=1S/C11H23NO2S/c1-4-11(12-3)9(2)15(13)10-5-7-14-8-6-10/h9-12H,4-8H2,1-3H3. The van der Waals surface area contributed by atoms with Crippen LogP contribution in [0.2, 0.25) is 0 Å². The fourth-order valence-corrected chi connectivity index (χ4v) is 4.06. The van der Waals surface area contributed by atoms with Crippen LogP contribution in [0.25, 0.3) is 0 Å². The van der Waals surface area contributed by atoms with E-state index in [0.29, 0.717) is 11.3 Å². The summed E-state index contributed by atoms with van der Waals surface area (Å²) in [4.78, 5) is 0. The molecule has 1 aliphatic heterocycles. The van der Waals surface area contributed by atoms with Crippen molar-refractivity contribution in [2.75, 3.05) is 20.3 Å². The van der Waals surface area contributed by atoms with Crippen LogP contribution in [-0.4, -0.2) is 41.0 Å². The van der Waals surface area contributed by atoms with Crippen LogP contribution < -0.4 is 5.32 Å². The zero-order valence-electron chi connectivity index (χ0n) is 9.99. The largest absolute Gasteiger partial charge is 0.381 e. The van der Waals surface area contributed by atoms with Gasteiger partial charge in [0.2, 0.25) is 0 Å². The van der Waals surface area contributed by atoms with Crippen molar-refractivity contribution in [3.05, 3.63) is 0 Å². The molecule has 1 rings (SSSR count). The Morgan fingerprint density at radius 1 is 1.47 bits per heavy atom. The Bertz CT molecular complexity index is 201. The smallest absolute Gasteiger partial charge is 0.0477 e. The third-order valence-corrected chi connectivity index (χ3v) is 5.43. The lowest BCUT2D eigenvalue weighted by Crippen LogP contribution is -2.42. The van der Waals surface area contributed by atoms with Crippen LogP contribution in [0.15, 0.2) is 0 Å². The van der Waals surface area contributed by atoms with Crippen molar-refractivity contribution < 1.29 is 8.95 Å². The van der Waals surface area contributed by atoms with Crippen molar-refractivity contribution in [3.63, 3.8) is 0 Å². The summed E-state index contributed by atoms with van der Waals surface area (Å²) in [7, 11) is 1.23. The molecular weight excluding hydrogens is 210 g/mol. The summed E-state index contributed by atoms with van der Waals surface area (Å²) in [6, 6.07) is 0.369. The Morgan fingerprint density at radius 3 is 2.53 bits per heavy atom. The summed E-state index contributed by atoms with van der Waals surface area (Å²) < 4.78 is 17.6. The third-order valence-electron chi connectivity index (χ3n) is 3.24. The Balaban J connectivity index is 2.49. The van der Waals surface area contributed by atoms with E-state index >= 15 is 0 Å². The van der Waals surface area contributed by atoms with E-state index in [2.05, 4.69) is 19.2 Å². The van der Waals surface area contributed by atoms with Crippen LogP contribution in [0.5, 0.6) is 0 Å². The molecule has 1 heterocycles. The summed E-state index contributed by atoms with van der Waals surface area (Å²) in [6.07, 6.45) is 2.95. The molecule has 1 aliphatic rings. The first-order chi connectivity index (χ1) is 7.20. The molecule has 0 amide bonds. The summed E-state index contributed by atoms with van der Waals surface area (Å²) >= 11 is 0. The summed E-state index contributed by atoms with van der Waals surface area (Å²) in [5.41, 5.74) is 0. The maximum Gasteiger partial charge on any atom is 0.0477 e. The van der Waals surface area contributed by atoms with E-state index in [0.717, 1.165) is 32.5 Å². The lowest BCUT2D eigenvalue weighted by Gasteiger charge is -2.28. The van der Waals surface area contributed by atoms with Crippen LogP contribution >= 0.6 is 0 Å². The van der Waals surface area contributed by atoms with Gasteiger partial charge in [-0.1, -0.05) is 6.92 Å². The summed E-state index contributed by atoms with van der Waals surface area (Å²) in [5.74, 6) is 0. The Labute approximate surface area is 95.4 Å². The molecule has 3 unspecified atom stereocenters. The van der Waals surface area contributed by atoms with E-state index in [1.165, 1.54) is 0 Å². The Hall–Kier alpha value is 0.0700. The highest BCUT2D eigenvalue weighted by atomic mass is 32.2. The van der Waals surface area contributed by atoms with E-state index in [1.54, 1.807) is 0 Å². The molecular formula is C11H23NO2S. The van der Waals surface area contributed by atoms with Crippen LogP contribution in [0.4, 0.5) is 0 Å². The molecule has 3 nitrogen and oxygen atoms in total. The molecule has 0 bridgehead atoms. The maximum atomic E-state index is 12.3. The van der Waals surface area contributed by atoms with Gasteiger partial charge in [0.05, 0.1) is 0 Å². The fourth-order valence-electron chi connectivity index (χ4n) is 2.14. The fraction of sp³-hybridized carbons (Fsp3) is 1.00. The molecule has 0 radical (unpaired) electrons. The minimum absolute atomic E-state index is 0.239. The molecule has 0 aromatic heterocycles. The molecule has 1 fully saturated rings. The normalized spacial score (nSPS) is 24.7.